The van der Waals surface area contributed by atoms with Crippen molar-refractivity contribution in [2.24, 2.45) is 7.05 Å². The van der Waals surface area contributed by atoms with Crippen molar-refractivity contribution < 1.29 is 22.7 Å². The molecule has 218 valence electrons. The van der Waals surface area contributed by atoms with E-state index >= 15 is 0 Å². The van der Waals surface area contributed by atoms with Gasteiger partial charge in [0.2, 0.25) is 0 Å². The quantitative estimate of drug-likeness (QED) is 0.268. The Labute approximate surface area is 243 Å². The fourth-order valence-corrected chi connectivity index (χ4v) is 5.70. The molecule has 4 heterocycles. The molecule has 12 heteroatoms. The summed E-state index contributed by atoms with van der Waals surface area (Å²) in [4.78, 5) is 20.0. The number of rotatable bonds is 6. The van der Waals surface area contributed by atoms with Crippen molar-refractivity contribution in [3.05, 3.63) is 93.7 Å². The summed E-state index contributed by atoms with van der Waals surface area (Å²) in [6.07, 6.45) is -0.582. The van der Waals surface area contributed by atoms with Gasteiger partial charge in [-0.15, -0.1) is 0 Å². The average molecular weight is 598 g/mol. The Hall–Kier alpha value is -3.93. The molecule has 0 atom stereocenters. The minimum Gasteiger partial charge on any atom is -0.464 e. The minimum absolute atomic E-state index is 0.0490. The standard InChI is InChI=1S/C30H27ClF3N5O3/c1-37-27(19-6-8-22(9-7-19)30(32,33)34)25-26(36-37)28(40)39(18-35-25)17-29(41)10-12-38(13-11-29)16-21-5-4-20(15-23(21)31)24-3-2-14-42-24/h2-9,14-15,18,41H,10-13,16-17H2,1H3. The summed E-state index contributed by atoms with van der Waals surface area (Å²) >= 11 is 6.56. The first kappa shape index (κ1) is 28.2. The minimum atomic E-state index is -4.45. The Morgan fingerprint density at radius 3 is 2.40 bits per heavy atom. The molecule has 0 radical (unpaired) electrons. The molecule has 0 amide bonds. The highest BCUT2D eigenvalue weighted by molar-refractivity contribution is 6.31. The maximum atomic E-state index is 13.3. The largest absolute Gasteiger partial charge is 0.464 e. The van der Waals surface area contributed by atoms with Crippen LogP contribution in [0.4, 0.5) is 13.2 Å². The zero-order valence-corrected chi connectivity index (χ0v) is 23.4. The van der Waals surface area contributed by atoms with Gasteiger partial charge in [0, 0.05) is 42.8 Å². The molecule has 3 aromatic heterocycles. The maximum absolute atomic E-state index is 13.3. The molecule has 6 rings (SSSR count). The molecule has 0 bridgehead atoms. The van der Waals surface area contributed by atoms with Crippen LogP contribution in [0.2, 0.25) is 5.02 Å². The third-order valence-electron chi connectivity index (χ3n) is 7.80. The van der Waals surface area contributed by atoms with E-state index in [2.05, 4.69) is 15.0 Å². The van der Waals surface area contributed by atoms with Crippen molar-refractivity contribution >= 4 is 22.6 Å². The van der Waals surface area contributed by atoms with Gasteiger partial charge in [-0.25, -0.2) is 4.98 Å². The smallest absolute Gasteiger partial charge is 0.416 e. The van der Waals surface area contributed by atoms with E-state index in [4.69, 9.17) is 16.0 Å². The topological polar surface area (TPSA) is 89.3 Å². The number of aliphatic hydroxyl groups is 1. The van der Waals surface area contributed by atoms with E-state index in [9.17, 15) is 23.1 Å². The Kier molecular flexibility index (Phi) is 7.20. The molecule has 1 saturated heterocycles. The molecular weight excluding hydrogens is 571 g/mol. The van der Waals surface area contributed by atoms with Crippen LogP contribution in [0.1, 0.15) is 24.0 Å². The fourth-order valence-electron chi connectivity index (χ4n) is 5.46. The number of hydrogen-bond acceptors (Lipinski definition) is 6. The Morgan fingerprint density at radius 2 is 1.76 bits per heavy atom. The van der Waals surface area contributed by atoms with Gasteiger partial charge in [0.15, 0.2) is 5.52 Å². The molecule has 1 aliphatic heterocycles. The predicted molar refractivity (Wildman–Crippen MR) is 152 cm³/mol. The zero-order chi connectivity index (χ0) is 29.6. The molecule has 5 aromatic rings. The normalized spacial score (nSPS) is 15.9. The first-order valence-corrected chi connectivity index (χ1v) is 13.8. The number of aromatic nitrogens is 4. The lowest BCUT2D eigenvalue weighted by molar-refractivity contribution is -0.137. The molecule has 1 fully saturated rings. The summed E-state index contributed by atoms with van der Waals surface area (Å²) in [7, 11) is 1.61. The summed E-state index contributed by atoms with van der Waals surface area (Å²) in [6.45, 7) is 1.90. The summed E-state index contributed by atoms with van der Waals surface area (Å²) in [5, 5.41) is 16.3. The van der Waals surface area contributed by atoms with E-state index in [1.807, 2.05) is 30.3 Å². The lowest BCUT2D eigenvalue weighted by Gasteiger charge is -2.38. The van der Waals surface area contributed by atoms with Gasteiger partial charge in [0.1, 0.15) is 11.3 Å². The van der Waals surface area contributed by atoms with Crippen LogP contribution in [0.5, 0.6) is 0 Å². The van der Waals surface area contributed by atoms with Gasteiger partial charge in [0.25, 0.3) is 5.56 Å². The number of alkyl halides is 3. The number of benzene rings is 2. The van der Waals surface area contributed by atoms with Crippen LogP contribution in [-0.2, 0) is 26.3 Å². The number of piperidine rings is 1. The lowest BCUT2D eigenvalue weighted by atomic mass is 9.91. The Morgan fingerprint density at radius 1 is 1.05 bits per heavy atom. The van der Waals surface area contributed by atoms with Gasteiger partial charge < -0.3 is 9.52 Å². The molecule has 0 spiro atoms. The van der Waals surface area contributed by atoms with Crippen molar-refractivity contribution in [1.82, 2.24) is 24.2 Å². The second kappa shape index (κ2) is 10.7. The SMILES string of the molecule is Cn1nc2c(=O)n(CC3(O)CCN(Cc4ccc(-c5ccco5)cc4Cl)CC3)cnc2c1-c1ccc(C(F)(F)F)cc1. The second-order valence-electron chi connectivity index (χ2n) is 10.7. The molecule has 0 unspecified atom stereocenters. The fraction of sp³-hybridized carbons (Fsp3) is 0.300. The number of aryl methyl sites for hydroxylation is 1. The number of hydrogen-bond donors (Lipinski definition) is 1. The molecule has 8 nitrogen and oxygen atoms in total. The second-order valence-corrected chi connectivity index (χ2v) is 11.1. The highest BCUT2D eigenvalue weighted by atomic mass is 35.5. The number of likely N-dealkylation sites (tertiary alicyclic amines) is 1. The first-order valence-electron chi connectivity index (χ1n) is 13.4. The van der Waals surface area contributed by atoms with E-state index in [0.29, 0.717) is 48.8 Å². The van der Waals surface area contributed by atoms with Crippen molar-refractivity contribution in [1.29, 1.82) is 0 Å². The van der Waals surface area contributed by atoms with E-state index in [1.165, 1.54) is 27.7 Å². The molecular formula is C30H27ClF3N5O3. The Bertz CT molecular complexity index is 1790. The highest BCUT2D eigenvalue weighted by Gasteiger charge is 2.34. The van der Waals surface area contributed by atoms with Gasteiger partial charge in [-0.05, 0) is 48.7 Å². The van der Waals surface area contributed by atoms with Crippen LogP contribution < -0.4 is 5.56 Å². The summed E-state index contributed by atoms with van der Waals surface area (Å²) in [5.41, 5.74) is 0.836. The van der Waals surface area contributed by atoms with Crippen LogP contribution in [-0.4, -0.2) is 48.0 Å². The van der Waals surface area contributed by atoms with E-state index in [0.717, 1.165) is 29.0 Å². The van der Waals surface area contributed by atoms with Gasteiger partial charge >= 0.3 is 6.18 Å². The van der Waals surface area contributed by atoms with Crippen LogP contribution in [0, 0.1) is 0 Å². The molecule has 42 heavy (non-hydrogen) atoms. The summed E-state index contributed by atoms with van der Waals surface area (Å²) in [5.74, 6) is 0.746. The van der Waals surface area contributed by atoms with Crippen molar-refractivity contribution in [3.8, 4) is 22.6 Å². The van der Waals surface area contributed by atoms with Gasteiger partial charge in [-0.2, -0.15) is 18.3 Å². The average Bonchev–Trinajstić information content (AvgIpc) is 3.61. The lowest BCUT2D eigenvalue weighted by Crippen LogP contribution is -2.47. The van der Waals surface area contributed by atoms with E-state index < -0.39 is 22.9 Å². The molecule has 0 saturated carbocycles. The van der Waals surface area contributed by atoms with E-state index in [-0.39, 0.29) is 17.6 Å². The van der Waals surface area contributed by atoms with Gasteiger partial charge in [-0.3, -0.25) is 18.9 Å². The van der Waals surface area contributed by atoms with Crippen LogP contribution in [0.3, 0.4) is 0 Å². The highest BCUT2D eigenvalue weighted by Crippen LogP contribution is 2.33. The maximum Gasteiger partial charge on any atom is 0.416 e. The van der Waals surface area contributed by atoms with Crippen molar-refractivity contribution in [2.75, 3.05) is 13.1 Å². The number of fused-ring (bicyclic) bond motifs is 1. The van der Waals surface area contributed by atoms with Crippen molar-refractivity contribution in [2.45, 2.75) is 37.7 Å². The van der Waals surface area contributed by atoms with E-state index in [1.54, 1.807) is 13.3 Å². The number of nitrogens with zero attached hydrogens (tertiary/aromatic N) is 5. The van der Waals surface area contributed by atoms with Crippen molar-refractivity contribution in [3.63, 3.8) is 0 Å². The molecule has 2 aromatic carbocycles. The van der Waals surface area contributed by atoms with Gasteiger partial charge in [0.05, 0.1) is 36.0 Å². The Balaban J connectivity index is 1.15. The van der Waals surface area contributed by atoms with Gasteiger partial charge in [-0.1, -0.05) is 35.9 Å². The zero-order valence-electron chi connectivity index (χ0n) is 22.6. The summed E-state index contributed by atoms with van der Waals surface area (Å²) in [6, 6.07) is 14.2. The molecule has 1 N–H and O–H groups in total. The monoisotopic (exact) mass is 597 g/mol. The van der Waals surface area contributed by atoms with Crippen LogP contribution in [0.25, 0.3) is 33.6 Å². The third kappa shape index (κ3) is 5.47. The number of halogens is 4. The molecule has 0 aliphatic carbocycles. The van der Waals surface area contributed by atoms with Crippen LogP contribution >= 0.6 is 11.6 Å². The number of furan rings is 1. The van der Waals surface area contributed by atoms with Crippen LogP contribution in [0.15, 0.2) is 76.4 Å². The first-order chi connectivity index (χ1) is 20.0. The molecule has 1 aliphatic rings. The third-order valence-corrected chi connectivity index (χ3v) is 8.15. The predicted octanol–water partition coefficient (Wildman–Crippen LogP) is 5.76. The summed E-state index contributed by atoms with van der Waals surface area (Å²) < 4.78 is 47.2.